The van der Waals surface area contributed by atoms with E-state index in [2.05, 4.69) is 0 Å². The van der Waals surface area contributed by atoms with Crippen molar-refractivity contribution in [1.82, 2.24) is 4.90 Å². The highest BCUT2D eigenvalue weighted by molar-refractivity contribution is 7.99. The molecule has 1 aromatic carbocycles. The zero-order chi connectivity index (χ0) is 16.9. The number of nitrogens with zero attached hydrogens (tertiary/aromatic N) is 1. The van der Waals surface area contributed by atoms with Crippen LogP contribution in [0.25, 0.3) is 0 Å². The summed E-state index contributed by atoms with van der Waals surface area (Å²) in [7, 11) is 0. The molecule has 1 aliphatic rings. The zero-order valence-corrected chi connectivity index (χ0v) is 15.7. The molecule has 0 unspecified atom stereocenters. The Morgan fingerprint density at radius 2 is 1.92 bits per heavy atom. The molecular formula is C18H20ClNO2S2. The minimum absolute atomic E-state index is 0.229. The van der Waals surface area contributed by atoms with Gasteiger partial charge in [0.15, 0.2) is 0 Å². The lowest BCUT2D eigenvalue weighted by Crippen LogP contribution is -2.38. The maximum atomic E-state index is 12.3. The summed E-state index contributed by atoms with van der Waals surface area (Å²) < 4.78 is 0.799. The minimum atomic E-state index is 0.229. The number of likely N-dealkylation sites (tertiary alicyclic amines) is 1. The first-order valence-electron chi connectivity index (χ1n) is 8.00. The summed E-state index contributed by atoms with van der Waals surface area (Å²) in [4.78, 5) is 15.5. The van der Waals surface area contributed by atoms with Gasteiger partial charge in [-0.15, -0.1) is 23.1 Å². The monoisotopic (exact) mass is 381 g/mol. The number of hydrogen-bond donors (Lipinski definition) is 1. The summed E-state index contributed by atoms with van der Waals surface area (Å²) in [6, 6.07) is 11.4. The Labute approximate surface area is 155 Å². The lowest BCUT2D eigenvalue weighted by molar-refractivity contribution is -0.129. The van der Waals surface area contributed by atoms with Crippen LogP contribution in [-0.4, -0.2) is 34.8 Å². The number of phenolic OH excluding ortho intramolecular Hbond substituents is 1. The van der Waals surface area contributed by atoms with Crippen LogP contribution >= 0.6 is 34.7 Å². The van der Waals surface area contributed by atoms with Crippen LogP contribution in [0.2, 0.25) is 4.34 Å². The van der Waals surface area contributed by atoms with Gasteiger partial charge in [-0.05, 0) is 48.6 Å². The van der Waals surface area contributed by atoms with Crippen LogP contribution in [-0.2, 0) is 10.5 Å². The molecular weight excluding hydrogens is 362 g/mol. The number of carbonyl (C=O) groups excluding carboxylic acids is 1. The number of rotatable bonds is 5. The van der Waals surface area contributed by atoms with Crippen LogP contribution in [0.1, 0.15) is 29.2 Å². The van der Waals surface area contributed by atoms with E-state index in [0.717, 1.165) is 36.0 Å². The number of phenols is 1. The van der Waals surface area contributed by atoms with Crippen LogP contribution in [0.5, 0.6) is 5.75 Å². The highest BCUT2D eigenvalue weighted by Crippen LogP contribution is 2.30. The maximum absolute atomic E-state index is 12.3. The van der Waals surface area contributed by atoms with Gasteiger partial charge in [0.25, 0.3) is 0 Å². The Hall–Kier alpha value is -1.17. The fourth-order valence-corrected chi connectivity index (χ4v) is 5.09. The van der Waals surface area contributed by atoms with Crippen molar-refractivity contribution in [3.05, 3.63) is 51.2 Å². The topological polar surface area (TPSA) is 40.5 Å². The third kappa shape index (κ3) is 4.68. The van der Waals surface area contributed by atoms with E-state index in [4.69, 9.17) is 11.6 Å². The molecule has 1 aliphatic heterocycles. The summed E-state index contributed by atoms with van der Waals surface area (Å²) in [6.07, 6.45) is 1.98. The summed E-state index contributed by atoms with van der Waals surface area (Å²) in [6.45, 7) is 1.63. The number of piperidine rings is 1. The molecule has 0 spiro atoms. The largest absolute Gasteiger partial charge is 0.508 e. The Kier molecular flexibility index (Phi) is 6.09. The lowest BCUT2D eigenvalue weighted by atomic mass is 9.89. The number of amides is 1. The zero-order valence-electron chi connectivity index (χ0n) is 13.3. The van der Waals surface area contributed by atoms with E-state index in [1.54, 1.807) is 35.2 Å². The Bertz CT molecular complexity index is 679. The first-order valence-corrected chi connectivity index (χ1v) is 10.4. The highest BCUT2D eigenvalue weighted by Gasteiger charge is 2.23. The number of hydrogen-bond acceptors (Lipinski definition) is 4. The second kappa shape index (κ2) is 8.28. The number of benzene rings is 1. The Morgan fingerprint density at radius 1 is 1.21 bits per heavy atom. The molecule has 1 aromatic heterocycles. The summed E-state index contributed by atoms with van der Waals surface area (Å²) >= 11 is 9.15. The van der Waals surface area contributed by atoms with Gasteiger partial charge in [0.05, 0.1) is 10.1 Å². The first-order chi connectivity index (χ1) is 11.6. The second-order valence-electron chi connectivity index (χ2n) is 5.95. The van der Waals surface area contributed by atoms with Crippen molar-refractivity contribution < 1.29 is 9.90 Å². The number of thiophene rings is 1. The SMILES string of the molecule is O=C(CSCc1ccc(Cl)s1)N1CCC(c2ccc(O)cc2)CC1. The number of carbonyl (C=O) groups is 1. The normalized spacial score (nSPS) is 15.6. The number of aromatic hydroxyl groups is 1. The molecule has 2 aromatic rings. The van der Waals surface area contributed by atoms with Crippen LogP contribution in [0.3, 0.4) is 0 Å². The average Bonchev–Trinajstić information content (AvgIpc) is 3.01. The highest BCUT2D eigenvalue weighted by atomic mass is 35.5. The van der Waals surface area contributed by atoms with Gasteiger partial charge in [-0.3, -0.25) is 4.79 Å². The number of thioether (sulfide) groups is 1. The molecule has 1 fully saturated rings. The number of halogens is 1. The van der Waals surface area contributed by atoms with E-state index in [0.29, 0.717) is 17.4 Å². The molecule has 0 bridgehead atoms. The molecule has 2 heterocycles. The van der Waals surface area contributed by atoms with Crippen LogP contribution < -0.4 is 0 Å². The van der Waals surface area contributed by atoms with Crippen molar-refractivity contribution in [2.24, 2.45) is 0 Å². The standard InChI is InChI=1S/C18H20ClNO2S2/c19-17-6-5-16(24-17)11-23-12-18(22)20-9-7-14(8-10-20)13-1-3-15(21)4-2-13/h1-6,14,21H,7-12H2. The quantitative estimate of drug-likeness (QED) is 0.812. The van der Waals surface area contributed by atoms with E-state index < -0.39 is 0 Å². The van der Waals surface area contributed by atoms with Crippen molar-refractivity contribution in [2.45, 2.75) is 24.5 Å². The van der Waals surface area contributed by atoms with E-state index in [1.807, 2.05) is 29.2 Å². The van der Waals surface area contributed by atoms with Gasteiger partial charge in [-0.2, -0.15) is 0 Å². The molecule has 0 atom stereocenters. The summed E-state index contributed by atoms with van der Waals surface area (Å²) in [5.41, 5.74) is 1.25. The molecule has 3 rings (SSSR count). The molecule has 128 valence electrons. The summed E-state index contributed by atoms with van der Waals surface area (Å²) in [5.74, 6) is 2.38. The van der Waals surface area contributed by atoms with Crippen LogP contribution in [0.15, 0.2) is 36.4 Å². The molecule has 1 saturated heterocycles. The third-order valence-electron chi connectivity index (χ3n) is 4.31. The van der Waals surface area contributed by atoms with Crippen molar-refractivity contribution in [2.75, 3.05) is 18.8 Å². The van der Waals surface area contributed by atoms with Gasteiger partial charge in [-0.1, -0.05) is 23.7 Å². The van der Waals surface area contributed by atoms with Gasteiger partial charge >= 0.3 is 0 Å². The fourth-order valence-electron chi connectivity index (χ4n) is 2.97. The smallest absolute Gasteiger partial charge is 0.232 e. The van der Waals surface area contributed by atoms with E-state index in [-0.39, 0.29) is 5.91 Å². The molecule has 0 radical (unpaired) electrons. The summed E-state index contributed by atoms with van der Waals surface area (Å²) in [5, 5.41) is 9.37. The van der Waals surface area contributed by atoms with Gasteiger partial charge in [-0.25, -0.2) is 0 Å². The predicted molar refractivity (Wildman–Crippen MR) is 102 cm³/mol. The average molecular weight is 382 g/mol. The molecule has 3 nitrogen and oxygen atoms in total. The molecule has 1 N–H and O–H groups in total. The van der Waals surface area contributed by atoms with Gasteiger partial charge in [0.1, 0.15) is 5.75 Å². The lowest BCUT2D eigenvalue weighted by Gasteiger charge is -2.32. The third-order valence-corrected chi connectivity index (χ3v) is 6.69. The maximum Gasteiger partial charge on any atom is 0.232 e. The molecule has 0 saturated carbocycles. The van der Waals surface area contributed by atoms with Gasteiger partial charge in [0, 0.05) is 23.7 Å². The molecule has 1 amide bonds. The van der Waals surface area contributed by atoms with Crippen molar-refractivity contribution >= 4 is 40.6 Å². The van der Waals surface area contributed by atoms with Gasteiger partial charge in [0.2, 0.25) is 5.91 Å². The fraction of sp³-hybridized carbons (Fsp3) is 0.389. The van der Waals surface area contributed by atoms with Crippen LogP contribution in [0, 0.1) is 0 Å². The van der Waals surface area contributed by atoms with Crippen molar-refractivity contribution in [3.8, 4) is 5.75 Å². The molecule has 0 aliphatic carbocycles. The molecule has 6 heteroatoms. The first kappa shape index (κ1) is 17.6. The Balaban J connectivity index is 1.42. The van der Waals surface area contributed by atoms with Crippen LogP contribution in [0.4, 0.5) is 0 Å². The van der Waals surface area contributed by atoms with Crippen molar-refractivity contribution in [1.29, 1.82) is 0 Å². The Morgan fingerprint density at radius 3 is 2.54 bits per heavy atom. The van der Waals surface area contributed by atoms with E-state index in [1.165, 1.54) is 10.4 Å². The minimum Gasteiger partial charge on any atom is -0.508 e. The van der Waals surface area contributed by atoms with Crippen molar-refractivity contribution in [3.63, 3.8) is 0 Å². The van der Waals surface area contributed by atoms with E-state index >= 15 is 0 Å². The van der Waals surface area contributed by atoms with Gasteiger partial charge < -0.3 is 10.0 Å². The predicted octanol–water partition coefficient (Wildman–Crippen LogP) is 4.75. The molecule has 24 heavy (non-hydrogen) atoms. The second-order valence-corrected chi connectivity index (χ2v) is 8.73. The van der Waals surface area contributed by atoms with E-state index in [9.17, 15) is 9.90 Å².